The van der Waals surface area contributed by atoms with Crippen molar-refractivity contribution in [1.82, 2.24) is 5.32 Å². The highest BCUT2D eigenvalue weighted by atomic mass is 16.3. The van der Waals surface area contributed by atoms with Gasteiger partial charge in [0.15, 0.2) is 0 Å². The maximum absolute atomic E-state index is 12.3. The van der Waals surface area contributed by atoms with Gasteiger partial charge in [0, 0.05) is 0 Å². The van der Waals surface area contributed by atoms with E-state index in [1.54, 1.807) is 6.08 Å². The van der Waals surface area contributed by atoms with Crippen LogP contribution in [0.1, 0.15) is 187 Å². The van der Waals surface area contributed by atoms with Gasteiger partial charge in [0.05, 0.1) is 31.3 Å². The van der Waals surface area contributed by atoms with Crippen LogP contribution < -0.4 is 5.32 Å². The molecule has 4 N–H and O–H groups in total. The molecule has 254 valence electrons. The number of hydrogen-bond acceptors (Lipinski definition) is 4. The van der Waals surface area contributed by atoms with E-state index in [4.69, 9.17) is 0 Å². The molecule has 0 radical (unpaired) electrons. The number of carbonyl (C=O) groups is 1. The highest BCUT2D eigenvalue weighted by Crippen LogP contribution is 2.15. The summed E-state index contributed by atoms with van der Waals surface area (Å²) in [5, 5.41) is 33.0. The van der Waals surface area contributed by atoms with Crippen molar-refractivity contribution >= 4 is 5.91 Å². The molecular formula is C38H73NO4. The zero-order valence-electron chi connectivity index (χ0n) is 28.6. The van der Waals surface area contributed by atoms with Gasteiger partial charge < -0.3 is 20.6 Å². The van der Waals surface area contributed by atoms with Crippen molar-refractivity contribution in [3.63, 3.8) is 0 Å². The number of aliphatic hydroxyl groups is 3. The minimum atomic E-state index is -0.946. The van der Waals surface area contributed by atoms with Gasteiger partial charge in [-0.2, -0.15) is 0 Å². The first-order valence-corrected chi connectivity index (χ1v) is 18.6. The molecule has 3 unspecified atom stereocenters. The molecule has 3 atom stereocenters. The topological polar surface area (TPSA) is 89.8 Å². The number of nitrogens with one attached hydrogen (secondary N) is 1. The third-order valence-corrected chi connectivity index (χ3v) is 8.49. The van der Waals surface area contributed by atoms with Crippen molar-refractivity contribution in [2.75, 3.05) is 6.61 Å². The number of allylic oxidation sites excluding steroid dienone is 3. The van der Waals surface area contributed by atoms with E-state index in [1.165, 1.54) is 128 Å². The third-order valence-electron chi connectivity index (χ3n) is 8.49. The van der Waals surface area contributed by atoms with E-state index in [0.717, 1.165) is 32.1 Å². The first kappa shape index (κ1) is 41.8. The highest BCUT2D eigenvalue weighted by Gasteiger charge is 2.20. The molecule has 0 rings (SSSR count). The van der Waals surface area contributed by atoms with Crippen LogP contribution in [0.15, 0.2) is 24.3 Å². The summed E-state index contributed by atoms with van der Waals surface area (Å²) < 4.78 is 0. The van der Waals surface area contributed by atoms with Crippen molar-refractivity contribution in [3.8, 4) is 0 Å². The summed E-state index contributed by atoms with van der Waals surface area (Å²) in [7, 11) is 0. The molecule has 5 nitrogen and oxygen atoms in total. The third kappa shape index (κ3) is 30.6. The van der Waals surface area contributed by atoms with E-state index in [-0.39, 0.29) is 18.9 Å². The van der Waals surface area contributed by atoms with Crippen LogP contribution in [0.3, 0.4) is 0 Å². The van der Waals surface area contributed by atoms with E-state index in [1.807, 2.05) is 6.08 Å². The molecular weight excluding hydrogens is 534 g/mol. The first-order chi connectivity index (χ1) is 21.0. The number of unbranched alkanes of at least 4 members (excludes halogenated alkanes) is 22. The molecule has 0 aliphatic heterocycles. The molecule has 0 saturated heterocycles. The second kappa shape index (κ2) is 33.7. The summed E-state index contributed by atoms with van der Waals surface area (Å²) in [5.41, 5.74) is 0. The lowest BCUT2D eigenvalue weighted by Crippen LogP contribution is -2.45. The fraction of sp³-hybridized carbons (Fsp3) is 0.868. The Balaban J connectivity index is 3.76. The molecule has 0 aromatic rings. The minimum absolute atomic E-state index is 0.00900. The van der Waals surface area contributed by atoms with Gasteiger partial charge in [-0.05, 0) is 32.1 Å². The van der Waals surface area contributed by atoms with E-state index in [9.17, 15) is 20.1 Å². The molecule has 0 aromatic heterocycles. The zero-order valence-corrected chi connectivity index (χ0v) is 28.6. The second-order valence-electron chi connectivity index (χ2n) is 12.8. The van der Waals surface area contributed by atoms with E-state index < -0.39 is 18.2 Å². The Kier molecular flexibility index (Phi) is 32.8. The predicted molar refractivity (Wildman–Crippen MR) is 185 cm³/mol. The van der Waals surface area contributed by atoms with Gasteiger partial charge in [-0.3, -0.25) is 4.79 Å². The van der Waals surface area contributed by atoms with E-state index in [0.29, 0.717) is 6.42 Å². The summed E-state index contributed by atoms with van der Waals surface area (Å²) in [5.74, 6) is -0.326. The number of aliphatic hydroxyl groups excluding tert-OH is 3. The predicted octanol–water partition coefficient (Wildman–Crippen LogP) is 9.87. The molecule has 0 heterocycles. The molecule has 0 aliphatic carbocycles. The fourth-order valence-electron chi connectivity index (χ4n) is 5.59. The monoisotopic (exact) mass is 608 g/mol. The summed E-state index contributed by atoms with van der Waals surface area (Å²) >= 11 is 0. The molecule has 5 heteroatoms. The lowest BCUT2D eigenvalue weighted by atomic mass is 10.0. The fourth-order valence-corrected chi connectivity index (χ4v) is 5.59. The Labute approximate surface area is 267 Å². The quantitative estimate of drug-likeness (QED) is 0.0441. The number of amides is 1. The molecule has 43 heavy (non-hydrogen) atoms. The van der Waals surface area contributed by atoms with Gasteiger partial charge in [0.25, 0.3) is 0 Å². The molecule has 0 bridgehead atoms. The molecule has 0 saturated carbocycles. The Morgan fingerprint density at radius 3 is 1.49 bits per heavy atom. The lowest BCUT2D eigenvalue weighted by Gasteiger charge is -2.21. The van der Waals surface area contributed by atoms with Crippen LogP contribution in [0.5, 0.6) is 0 Å². The number of carbonyl (C=O) groups excluding carboxylic acids is 1. The largest absolute Gasteiger partial charge is 0.394 e. The van der Waals surface area contributed by atoms with Gasteiger partial charge >= 0.3 is 0 Å². The average Bonchev–Trinajstić information content (AvgIpc) is 3.00. The zero-order chi connectivity index (χ0) is 31.6. The van der Waals surface area contributed by atoms with Crippen LogP contribution >= 0.6 is 0 Å². The van der Waals surface area contributed by atoms with Crippen molar-refractivity contribution in [1.29, 1.82) is 0 Å². The Bertz CT molecular complexity index is 635. The lowest BCUT2D eigenvalue weighted by molar-refractivity contribution is -0.124. The van der Waals surface area contributed by atoms with Crippen LogP contribution in [0.4, 0.5) is 0 Å². The molecule has 0 aromatic carbocycles. The summed E-state index contributed by atoms with van der Waals surface area (Å²) in [6, 6.07) is -0.755. The van der Waals surface area contributed by atoms with Crippen molar-refractivity contribution < 1.29 is 20.1 Å². The maximum atomic E-state index is 12.3. The molecule has 0 spiro atoms. The average molecular weight is 608 g/mol. The Morgan fingerprint density at radius 1 is 0.581 bits per heavy atom. The van der Waals surface area contributed by atoms with Gasteiger partial charge in [-0.1, -0.05) is 173 Å². The Morgan fingerprint density at radius 2 is 1.00 bits per heavy atom. The molecule has 0 fully saturated rings. The van der Waals surface area contributed by atoms with E-state index >= 15 is 0 Å². The van der Waals surface area contributed by atoms with Crippen LogP contribution in [0.2, 0.25) is 0 Å². The van der Waals surface area contributed by atoms with Gasteiger partial charge in [-0.15, -0.1) is 0 Å². The van der Waals surface area contributed by atoms with Gasteiger partial charge in [0.2, 0.25) is 5.91 Å². The standard InChI is InChI=1S/C38H73NO4/c1-3-5-7-9-11-13-15-17-18-20-21-23-25-27-29-31-35(41)33-38(43)39-36(34-40)37(42)32-30-28-26-24-22-19-16-14-12-10-8-6-4-2/h22,24,30,32,35-37,40-42H,3-21,23,25-29,31,33-34H2,1-2H3,(H,39,43)/b24-22+,32-30+. The van der Waals surface area contributed by atoms with Gasteiger partial charge in [-0.25, -0.2) is 0 Å². The number of rotatable bonds is 33. The smallest absolute Gasteiger partial charge is 0.222 e. The summed E-state index contributed by atoms with van der Waals surface area (Å²) in [6.07, 6.45) is 38.7. The first-order valence-electron chi connectivity index (χ1n) is 18.6. The number of hydrogen-bond donors (Lipinski definition) is 4. The maximum Gasteiger partial charge on any atom is 0.222 e. The summed E-state index contributed by atoms with van der Waals surface area (Å²) in [6.45, 7) is 4.18. The Hall–Kier alpha value is -1.17. The van der Waals surface area contributed by atoms with Crippen molar-refractivity contribution in [3.05, 3.63) is 24.3 Å². The van der Waals surface area contributed by atoms with Crippen LogP contribution in [-0.4, -0.2) is 46.1 Å². The minimum Gasteiger partial charge on any atom is -0.394 e. The van der Waals surface area contributed by atoms with E-state index in [2.05, 4.69) is 31.3 Å². The highest BCUT2D eigenvalue weighted by molar-refractivity contribution is 5.76. The second-order valence-corrected chi connectivity index (χ2v) is 12.8. The van der Waals surface area contributed by atoms with Gasteiger partial charge in [0.1, 0.15) is 0 Å². The SMILES string of the molecule is CCCCCCCCC/C=C/CC/C=C/C(O)C(CO)NC(=O)CC(O)CCCCCCCCCCCCCCCCC. The molecule has 1 amide bonds. The summed E-state index contributed by atoms with van der Waals surface area (Å²) in [4.78, 5) is 12.3. The van der Waals surface area contributed by atoms with Crippen molar-refractivity contribution in [2.45, 2.75) is 205 Å². The normalized spacial score (nSPS) is 14.1. The van der Waals surface area contributed by atoms with Crippen LogP contribution in [-0.2, 0) is 4.79 Å². The van der Waals surface area contributed by atoms with Crippen LogP contribution in [0.25, 0.3) is 0 Å². The van der Waals surface area contributed by atoms with Crippen LogP contribution in [0, 0.1) is 0 Å². The molecule has 0 aliphatic rings. The van der Waals surface area contributed by atoms with Crippen molar-refractivity contribution in [2.24, 2.45) is 0 Å².